The average Bonchev–Trinajstić information content (AvgIpc) is 2.58. The topological polar surface area (TPSA) is 47.3 Å². The average molecular weight is 182 g/mol. The second-order valence-corrected chi connectivity index (χ2v) is 3.19. The molecule has 1 aromatic rings. The Hall–Kier alpha value is -0.870. The van der Waals surface area contributed by atoms with Gasteiger partial charge in [-0.05, 0) is 7.05 Å². The zero-order chi connectivity index (χ0) is 9.10. The van der Waals surface area contributed by atoms with Gasteiger partial charge in [-0.15, -0.1) is 0 Å². The van der Waals surface area contributed by atoms with E-state index >= 15 is 0 Å². The second kappa shape index (κ2) is 3.89. The van der Waals surface area contributed by atoms with Gasteiger partial charge in [-0.1, -0.05) is 5.16 Å². The third-order valence-corrected chi connectivity index (χ3v) is 2.28. The molecule has 0 amide bonds. The maximum atomic E-state index is 5.35. The Morgan fingerprint density at radius 2 is 2.46 bits per heavy atom. The summed E-state index contributed by atoms with van der Waals surface area (Å²) in [5.74, 6) is 0.976. The smallest absolute Gasteiger partial charge is 0.143 e. The monoisotopic (exact) mass is 182 g/mol. The number of likely N-dealkylation sites (N-methyl/N-ethyl adjacent to an activating group) is 1. The van der Waals surface area contributed by atoms with Crippen molar-refractivity contribution < 1.29 is 9.26 Å². The highest BCUT2D eigenvalue weighted by atomic mass is 16.5. The molecule has 1 aromatic heterocycles. The summed E-state index contributed by atoms with van der Waals surface area (Å²) in [6.07, 6.45) is 1.78. The van der Waals surface area contributed by atoms with E-state index in [9.17, 15) is 0 Å². The van der Waals surface area contributed by atoms with Crippen LogP contribution >= 0.6 is 0 Å². The Labute approximate surface area is 77.2 Å². The quantitative estimate of drug-likeness (QED) is 0.740. The molecule has 0 bridgehead atoms. The van der Waals surface area contributed by atoms with E-state index in [1.54, 1.807) is 0 Å². The van der Waals surface area contributed by atoms with E-state index in [1.165, 1.54) is 5.56 Å². The van der Waals surface area contributed by atoms with E-state index in [2.05, 4.69) is 10.5 Å². The minimum Gasteiger partial charge on any atom is -0.376 e. The first-order chi connectivity index (χ1) is 6.42. The fraction of sp³-hybridized carbons (Fsp3) is 0.667. The fourth-order valence-corrected chi connectivity index (χ4v) is 1.52. The minimum absolute atomic E-state index is 0.665. The first-order valence-electron chi connectivity index (χ1n) is 4.60. The van der Waals surface area contributed by atoms with Gasteiger partial charge in [0.25, 0.3) is 0 Å². The van der Waals surface area contributed by atoms with Crippen LogP contribution in [0.2, 0.25) is 0 Å². The summed E-state index contributed by atoms with van der Waals surface area (Å²) in [6, 6.07) is 0. The lowest BCUT2D eigenvalue weighted by molar-refractivity contribution is 0.109. The van der Waals surface area contributed by atoms with Crippen LogP contribution in [-0.4, -0.2) is 25.4 Å². The molecule has 13 heavy (non-hydrogen) atoms. The summed E-state index contributed by atoms with van der Waals surface area (Å²) in [5, 5.41) is 7.11. The number of rotatable bonds is 3. The molecule has 0 aliphatic carbocycles. The lowest BCUT2D eigenvalue weighted by Gasteiger charge is -2.10. The van der Waals surface area contributed by atoms with Crippen molar-refractivity contribution in [1.29, 1.82) is 0 Å². The summed E-state index contributed by atoms with van der Waals surface area (Å²) in [6.45, 7) is 2.35. The van der Waals surface area contributed by atoms with Crippen LogP contribution < -0.4 is 5.32 Å². The van der Waals surface area contributed by atoms with Gasteiger partial charge < -0.3 is 14.6 Å². The number of aromatic nitrogens is 1. The summed E-state index contributed by atoms with van der Waals surface area (Å²) in [5.41, 5.74) is 2.25. The fourth-order valence-electron chi connectivity index (χ4n) is 1.52. The lowest BCUT2D eigenvalue weighted by atomic mass is 10.1. The van der Waals surface area contributed by atoms with Crippen LogP contribution in [0.15, 0.2) is 4.52 Å². The van der Waals surface area contributed by atoms with Crippen molar-refractivity contribution in [3.8, 4) is 0 Å². The van der Waals surface area contributed by atoms with Gasteiger partial charge in [-0.2, -0.15) is 0 Å². The van der Waals surface area contributed by atoms with Crippen molar-refractivity contribution in [2.24, 2.45) is 0 Å². The van der Waals surface area contributed by atoms with E-state index in [0.717, 1.165) is 37.4 Å². The van der Waals surface area contributed by atoms with Crippen LogP contribution in [0.4, 0.5) is 0 Å². The number of ether oxygens (including phenoxy) is 1. The first-order valence-corrected chi connectivity index (χ1v) is 4.60. The third-order valence-electron chi connectivity index (χ3n) is 2.28. The predicted octanol–water partition coefficient (Wildman–Crippen LogP) is 0.509. The van der Waals surface area contributed by atoms with E-state index < -0.39 is 0 Å². The maximum Gasteiger partial charge on any atom is 0.143 e. The van der Waals surface area contributed by atoms with Crippen molar-refractivity contribution in [2.75, 3.05) is 20.2 Å². The predicted molar refractivity (Wildman–Crippen MR) is 47.5 cm³/mol. The molecule has 1 N–H and O–H groups in total. The molecular formula is C9H14N2O2. The van der Waals surface area contributed by atoms with Crippen LogP contribution in [0.25, 0.3) is 0 Å². The number of hydrogen-bond donors (Lipinski definition) is 1. The molecule has 0 fully saturated rings. The largest absolute Gasteiger partial charge is 0.376 e. The molecule has 1 aliphatic heterocycles. The van der Waals surface area contributed by atoms with Crippen molar-refractivity contribution in [3.05, 3.63) is 17.0 Å². The Balaban J connectivity index is 2.12. The van der Waals surface area contributed by atoms with Gasteiger partial charge in [0.2, 0.25) is 0 Å². The molecule has 0 unspecified atom stereocenters. The Morgan fingerprint density at radius 3 is 3.31 bits per heavy atom. The first kappa shape index (κ1) is 8.72. The van der Waals surface area contributed by atoms with Gasteiger partial charge in [-0.25, -0.2) is 0 Å². The van der Waals surface area contributed by atoms with Crippen LogP contribution in [0, 0.1) is 0 Å². The number of fused-ring (bicyclic) bond motifs is 1. The molecule has 0 atom stereocenters. The van der Waals surface area contributed by atoms with E-state index in [0.29, 0.717) is 6.61 Å². The normalized spacial score (nSPS) is 15.8. The highest BCUT2D eigenvalue weighted by Gasteiger charge is 2.18. The molecule has 0 spiro atoms. The number of nitrogens with one attached hydrogen (secondary N) is 1. The summed E-state index contributed by atoms with van der Waals surface area (Å²) >= 11 is 0. The lowest BCUT2D eigenvalue weighted by Crippen LogP contribution is -2.13. The maximum absolute atomic E-state index is 5.35. The molecule has 1 aliphatic rings. The summed E-state index contributed by atoms with van der Waals surface area (Å²) in [4.78, 5) is 0. The number of nitrogens with zero attached hydrogens (tertiary/aromatic N) is 1. The van der Waals surface area contributed by atoms with Crippen molar-refractivity contribution in [2.45, 2.75) is 19.4 Å². The van der Waals surface area contributed by atoms with Crippen LogP contribution in [0.5, 0.6) is 0 Å². The third kappa shape index (κ3) is 1.73. The van der Waals surface area contributed by atoms with Crippen molar-refractivity contribution >= 4 is 0 Å². The van der Waals surface area contributed by atoms with Crippen molar-refractivity contribution in [1.82, 2.24) is 10.5 Å². The molecule has 4 nitrogen and oxygen atoms in total. The SMILES string of the molecule is CNCCc1onc2c1COCC2. The standard InChI is InChI=1S/C9H14N2O2/c1-10-4-2-9-7-6-12-5-3-8(7)11-13-9/h10H,2-6H2,1H3. The van der Waals surface area contributed by atoms with E-state index in [4.69, 9.17) is 9.26 Å². The number of hydrogen-bond acceptors (Lipinski definition) is 4. The highest BCUT2D eigenvalue weighted by molar-refractivity contribution is 5.24. The molecular weight excluding hydrogens is 168 g/mol. The zero-order valence-electron chi connectivity index (χ0n) is 7.80. The van der Waals surface area contributed by atoms with Gasteiger partial charge in [0.15, 0.2) is 0 Å². The Bertz CT molecular complexity index is 283. The molecule has 0 saturated carbocycles. The molecule has 2 heterocycles. The molecule has 72 valence electrons. The van der Waals surface area contributed by atoms with Gasteiger partial charge >= 0.3 is 0 Å². The van der Waals surface area contributed by atoms with Crippen LogP contribution in [-0.2, 0) is 24.2 Å². The van der Waals surface area contributed by atoms with E-state index in [1.807, 2.05) is 7.05 Å². The second-order valence-electron chi connectivity index (χ2n) is 3.19. The molecule has 4 heteroatoms. The highest BCUT2D eigenvalue weighted by Crippen LogP contribution is 2.20. The van der Waals surface area contributed by atoms with Gasteiger partial charge in [0.05, 0.1) is 18.9 Å². The van der Waals surface area contributed by atoms with E-state index in [-0.39, 0.29) is 0 Å². The van der Waals surface area contributed by atoms with Crippen LogP contribution in [0.3, 0.4) is 0 Å². The Kier molecular flexibility index (Phi) is 2.61. The van der Waals surface area contributed by atoms with Crippen LogP contribution in [0.1, 0.15) is 17.0 Å². The van der Waals surface area contributed by atoms with Gasteiger partial charge in [0.1, 0.15) is 5.76 Å². The summed E-state index contributed by atoms with van der Waals surface area (Å²) in [7, 11) is 1.93. The Morgan fingerprint density at radius 1 is 1.54 bits per heavy atom. The molecule has 0 saturated heterocycles. The van der Waals surface area contributed by atoms with Gasteiger partial charge in [0, 0.05) is 24.9 Å². The molecule has 0 aromatic carbocycles. The molecule has 2 rings (SSSR count). The zero-order valence-corrected chi connectivity index (χ0v) is 7.80. The summed E-state index contributed by atoms with van der Waals surface area (Å²) < 4.78 is 10.6. The molecule has 0 radical (unpaired) electrons. The van der Waals surface area contributed by atoms with Gasteiger partial charge in [-0.3, -0.25) is 0 Å². The van der Waals surface area contributed by atoms with Crippen molar-refractivity contribution in [3.63, 3.8) is 0 Å². The minimum atomic E-state index is 0.665.